The van der Waals surface area contributed by atoms with E-state index in [1.807, 2.05) is 12.1 Å². The maximum Gasteiger partial charge on any atom is 0.149 e. The van der Waals surface area contributed by atoms with Crippen molar-refractivity contribution < 1.29 is 13.2 Å². The van der Waals surface area contributed by atoms with Gasteiger partial charge in [-0.1, -0.05) is 0 Å². The van der Waals surface area contributed by atoms with Crippen molar-refractivity contribution in [2.24, 2.45) is 0 Å². The number of pyridine rings is 1. The van der Waals surface area contributed by atoms with Crippen LogP contribution in [-0.2, 0) is 21.2 Å². The van der Waals surface area contributed by atoms with Gasteiger partial charge >= 0.3 is 0 Å². The first-order chi connectivity index (χ1) is 6.99. The van der Waals surface area contributed by atoms with E-state index in [0.717, 1.165) is 10.2 Å². The molecule has 0 N–H and O–H groups in total. The average molecular weight is 294 g/mol. The molecule has 1 aromatic rings. The van der Waals surface area contributed by atoms with E-state index in [2.05, 4.69) is 20.9 Å². The second kappa shape index (κ2) is 5.58. The van der Waals surface area contributed by atoms with Crippen LogP contribution in [0.3, 0.4) is 0 Å². The number of sulfone groups is 1. The van der Waals surface area contributed by atoms with Gasteiger partial charge < -0.3 is 4.74 Å². The topological polar surface area (TPSA) is 56.3 Å². The second-order valence-corrected chi connectivity index (χ2v) is 6.23. The van der Waals surface area contributed by atoms with Gasteiger partial charge in [-0.2, -0.15) is 0 Å². The molecule has 0 unspecified atom stereocenters. The fourth-order valence-electron chi connectivity index (χ4n) is 0.904. The highest BCUT2D eigenvalue weighted by Gasteiger charge is 2.03. The highest BCUT2D eigenvalue weighted by atomic mass is 79.9. The van der Waals surface area contributed by atoms with Crippen molar-refractivity contribution in [3.8, 4) is 0 Å². The molecule has 0 radical (unpaired) electrons. The first-order valence-electron chi connectivity index (χ1n) is 4.34. The van der Waals surface area contributed by atoms with Gasteiger partial charge in [0.25, 0.3) is 0 Å². The largest absolute Gasteiger partial charge is 0.374 e. The van der Waals surface area contributed by atoms with Crippen molar-refractivity contribution in [3.63, 3.8) is 0 Å². The van der Waals surface area contributed by atoms with Crippen LogP contribution in [0.5, 0.6) is 0 Å². The standard InChI is InChI=1S/C9H12BrNO3S/c1-15(12,13)6-5-14-7-9-8(10)3-2-4-11-9/h2-4H,5-7H2,1H3. The summed E-state index contributed by atoms with van der Waals surface area (Å²) in [6.45, 7) is 0.513. The normalized spacial score (nSPS) is 11.6. The summed E-state index contributed by atoms with van der Waals surface area (Å²) in [5.74, 6) is 0.0391. The smallest absolute Gasteiger partial charge is 0.149 e. The molecule has 0 bridgehead atoms. The number of ether oxygens (including phenoxy) is 1. The van der Waals surface area contributed by atoms with Crippen molar-refractivity contribution in [1.82, 2.24) is 4.98 Å². The zero-order chi connectivity index (χ0) is 11.3. The van der Waals surface area contributed by atoms with Crippen LogP contribution >= 0.6 is 15.9 Å². The molecule has 0 aromatic carbocycles. The molecule has 0 aliphatic rings. The molecule has 1 rings (SSSR count). The number of rotatable bonds is 5. The monoisotopic (exact) mass is 293 g/mol. The van der Waals surface area contributed by atoms with Gasteiger partial charge in [-0.15, -0.1) is 0 Å². The molecular formula is C9H12BrNO3S. The summed E-state index contributed by atoms with van der Waals surface area (Å²) in [5, 5.41) is 0. The SMILES string of the molecule is CS(=O)(=O)CCOCc1ncccc1Br. The maximum atomic E-state index is 10.8. The van der Waals surface area contributed by atoms with Crippen LogP contribution in [0.2, 0.25) is 0 Å². The quantitative estimate of drug-likeness (QED) is 0.770. The van der Waals surface area contributed by atoms with Crippen LogP contribution in [0.1, 0.15) is 5.69 Å². The third kappa shape index (κ3) is 5.25. The highest BCUT2D eigenvalue weighted by molar-refractivity contribution is 9.10. The predicted octanol–water partition coefficient (Wildman–Crippen LogP) is 1.41. The van der Waals surface area contributed by atoms with E-state index in [1.165, 1.54) is 6.26 Å². The summed E-state index contributed by atoms with van der Waals surface area (Å²) in [6.07, 6.45) is 2.85. The van der Waals surface area contributed by atoms with Crippen molar-refractivity contribution in [2.75, 3.05) is 18.6 Å². The Hall–Kier alpha value is -0.460. The molecule has 0 aliphatic heterocycles. The van der Waals surface area contributed by atoms with E-state index >= 15 is 0 Å². The summed E-state index contributed by atoms with van der Waals surface area (Å²) in [4.78, 5) is 4.09. The molecule has 0 aliphatic carbocycles. The maximum absolute atomic E-state index is 10.8. The third-order valence-electron chi connectivity index (χ3n) is 1.67. The summed E-state index contributed by atoms with van der Waals surface area (Å²) >= 11 is 3.33. The molecule has 0 saturated carbocycles. The Labute approximate surface area is 97.7 Å². The molecule has 1 heterocycles. The van der Waals surface area contributed by atoms with Crippen LogP contribution in [0.4, 0.5) is 0 Å². The number of nitrogens with zero attached hydrogens (tertiary/aromatic N) is 1. The average Bonchev–Trinajstić information content (AvgIpc) is 2.13. The van der Waals surface area contributed by atoms with Crippen molar-refractivity contribution in [1.29, 1.82) is 0 Å². The summed E-state index contributed by atoms with van der Waals surface area (Å²) in [6, 6.07) is 3.67. The Balaban J connectivity index is 2.36. The van der Waals surface area contributed by atoms with E-state index in [4.69, 9.17) is 4.74 Å². The van der Waals surface area contributed by atoms with Crippen LogP contribution in [0, 0.1) is 0 Å². The molecule has 84 valence electrons. The molecule has 4 nitrogen and oxygen atoms in total. The van der Waals surface area contributed by atoms with Crippen LogP contribution in [0.25, 0.3) is 0 Å². The number of aromatic nitrogens is 1. The van der Waals surface area contributed by atoms with Crippen molar-refractivity contribution in [3.05, 3.63) is 28.5 Å². The minimum atomic E-state index is -2.95. The van der Waals surface area contributed by atoms with Gasteiger partial charge in [-0.05, 0) is 28.1 Å². The minimum absolute atomic E-state index is 0.0391. The Morgan fingerprint density at radius 2 is 2.27 bits per heavy atom. The summed E-state index contributed by atoms with van der Waals surface area (Å²) < 4.78 is 27.7. The number of halogens is 1. The van der Waals surface area contributed by atoms with Gasteiger partial charge in [0.1, 0.15) is 9.84 Å². The zero-order valence-electron chi connectivity index (χ0n) is 8.31. The van der Waals surface area contributed by atoms with E-state index in [9.17, 15) is 8.42 Å². The van der Waals surface area contributed by atoms with E-state index < -0.39 is 9.84 Å². The lowest BCUT2D eigenvalue weighted by atomic mass is 10.4. The Bertz CT molecular complexity index is 419. The molecule has 0 amide bonds. The van der Waals surface area contributed by atoms with Crippen LogP contribution in [0.15, 0.2) is 22.8 Å². The minimum Gasteiger partial charge on any atom is -0.374 e. The van der Waals surface area contributed by atoms with Gasteiger partial charge in [0.2, 0.25) is 0 Å². The second-order valence-electron chi connectivity index (χ2n) is 3.11. The zero-order valence-corrected chi connectivity index (χ0v) is 10.7. The van der Waals surface area contributed by atoms with Gasteiger partial charge in [0.15, 0.2) is 0 Å². The lowest BCUT2D eigenvalue weighted by Crippen LogP contribution is -2.10. The number of hydrogen-bond acceptors (Lipinski definition) is 4. The predicted molar refractivity (Wildman–Crippen MR) is 61.3 cm³/mol. The van der Waals surface area contributed by atoms with Gasteiger partial charge in [0, 0.05) is 16.9 Å². The first kappa shape index (κ1) is 12.6. The van der Waals surface area contributed by atoms with E-state index in [1.54, 1.807) is 6.20 Å². The lowest BCUT2D eigenvalue weighted by molar-refractivity contribution is 0.132. The fourth-order valence-corrected chi connectivity index (χ4v) is 1.69. The summed E-state index contributed by atoms with van der Waals surface area (Å²) in [7, 11) is -2.95. The fraction of sp³-hybridized carbons (Fsp3) is 0.444. The van der Waals surface area contributed by atoms with E-state index in [-0.39, 0.29) is 12.4 Å². The van der Waals surface area contributed by atoms with E-state index in [0.29, 0.717) is 6.61 Å². The number of hydrogen-bond donors (Lipinski definition) is 0. The molecule has 6 heteroatoms. The molecule has 15 heavy (non-hydrogen) atoms. The van der Waals surface area contributed by atoms with Crippen LogP contribution in [-0.4, -0.2) is 32.0 Å². The van der Waals surface area contributed by atoms with Crippen molar-refractivity contribution in [2.45, 2.75) is 6.61 Å². The van der Waals surface area contributed by atoms with Gasteiger partial charge in [-0.25, -0.2) is 8.42 Å². The molecular weight excluding hydrogens is 282 g/mol. The van der Waals surface area contributed by atoms with Gasteiger partial charge in [-0.3, -0.25) is 4.98 Å². The Morgan fingerprint density at radius 1 is 1.53 bits per heavy atom. The third-order valence-corrected chi connectivity index (χ3v) is 3.30. The Morgan fingerprint density at radius 3 is 2.87 bits per heavy atom. The first-order valence-corrected chi connectivity index (χ1v) is 7.19. The molecule has 0 fully saturated rings. The van der Waals surface area contributed by atoms with Gasteiger partial charge in [0.05, 0.1) is 24.7 Å². The molecule has 1 aromatic heterocycles. The van der Waals surface area contributed by atoms with Crippen molar-refractivity contribution >= 4 is 25.8 Å². The molecule has 0 spiro atoms. The molecule has 0 atom stereocenters. The molecule has 0 saturated heterocycles. The van der Waals surface area contributed by atoms with Crippen LogP contribution < -0.4 is 0 Å². The lowest BCUT2D eigenvalue weighted by Gasteiger charge is -2.04. The summed E-state index contributed by atoms with van der Waals surface area (Å²) in [5.41, 5.74) is 0.769. The highest BCUT2D eigenvalue weighted by Crippen LogP contribution is 2.13. The Kier molecular flexibility index (Phi) is 4.69.